The minimum atomic E-state index is -0.440. The molecule has 2 heterocycles. The average Bonchev–Trinajstić information content (AvgIpc) is 3.37. The van der Waals surface area contributed by atoms with E-state index in [0.29, 0.717) is 29.8 Å². The van der Waals surface area contributed by atoms with E-state index in [2.05, 4.69) is 16.8 Å². The molecule has 4 rings (SSSR count). The van der Waals surface area contributed by atoms with Crippen molar-refractivity contribution >= 4 is 28.9 Å². The summed E-state index contributed by atoms with van der Waals surface area (Å²) in [6, 6.07) is 9.66. The summed E-state index contributed by atoms with van der Waals surface area (Å²) in [5.74, 6) is 0.208. The molecule has 1 saturated carbocycles. The Hall–Kier alpha value is -2.18. The number of ether oxygens (including phenoxy) is 1. The SMILES string of the molecule is COC(=O)c1ccccc1NC(=O)C[NH+]1CCc2sccc2[C@H]1C1CC1. The van der Waals surface area contributed by atoms with E-state index in [-0.39, 0.29) is 5.91 Å². The number of benzene rings is 1. The highest BCUT2D eigenvalue weighted by Crippen LogP contribution is 2.42. The number of para-hydroxylation sites is 1. The van der Waals surface area contributed by atoms with Crippen LogP contribution in [0.25, 0.3) is 0 Å². The van der Waals surface area contributed by atoms with Gasteiger partial charge in [-0.2, -0.15) is 0 Å². The first-order valence-electron chi connectivity index (χ1n) is 9.05. The van der Waals surface area contributed by atoms with Crippen LogP contribution in [0.2, 0.25) is 0 Å². The van der Waals surface area contributed by atoms with E-state index in [1.165, 1.54) is 35.3 Å². The Morgan fingerprint density at radius 2 is 2.08 bits per heavy atom. The molecule has 2 aromatic rings. The second-order valence-corrected chi connectivity index (χ2v) is 8.04. The fraction of sp³-hybridized carbons (Fsp3) is 0.400. The molecule has 0 saturated heterocycles. The minimum absolute atomic E-state index is 0.0549. The molecule has 1 aliphatic carbocycles. The number of fused-ring (bicyclic) bond motifs is 1. The fourth-order valence-electron chi connectivity index (χ4n) is 3.98. The molecule has 2 aliphatic rings. The fourth-order valence-corrected chi connectivity index (χ4v) is 4.91. The summed E-state index contributed by atoms with van der Waals surface area (Å²) >= 11 is 1.84. The van der Waals surface area contributed by atoms with Gasteiger partial charge in [-0.05, 0) is 36.4 Å². The van der Waals surface area contributed by atoms with Gasteiger partial charge in [0, 0.05) is 22.8 Å². The van der Waals surface area contributed by atoms with E-state index in [1.807, 2.05) is 11.3 Å². The van der Waals surface area contributed by atoms with E-state index >= 15 is 0 Å². The van der Waals surface area contributed by atoms with Gasteiger partial charge in [-0.3, -0.25) is 4.79 Å². The molecule has 2 atom stereocenters. The molecule has 1 fully saturated rings. The van der Waals surface area contributed by atoms with E-state index in [1.54, 1.807) is 24.3 Å². The zero-order chi connectivity index (χ0) is 18.1. The number of amides is 1. The Morgan fingerprint density at radius 3 is 2.85 bits per heavy atom. The summed E-state index contributed by atoms with van der Waals surface area (Å²) in [5, 5.41) is 5.09. The highest BCUT2D eigenvalue weighted by atomic mass is 32.1. The largest absolute Gasteiger partial charge is 0.465 e. The van der Waals surface area contributed by atoms with E-state index in [4.69, 9.17) is 4.74 Å². The number of rotatable bonds is 5. The third-order valence-electron chi connectivity index (χ3n) is 5.32. The number of hydrogen-bond acceptors (Lipinski definition) is 4. The third kappa shape index (κ3) is 3.39. The topological polar surface area (TPSA) is 59.8 Å². The Morgan fingerprint density at radius 1 is 1.27 bits per heavy atom. The van der Waals surface area contributed by atoms with Gasteiger partial charge in [0.05, 0.1) is 24.9 Å². The van der Waals surface area contributed by atoms with Crippen LogP contribution < -0.4 is 10.2 Å². The molecule has 1 aliphatic heterocycles. The molecule has 6 heteroatoms. The predicted molar refractivity (Wildman–Crippen MR) is 101 cm³/mol. The van der Waals surface area contributed by atoms with Crippen LogP contribution in [-0.2, 0) is 16.0 Å². The number of quaternary nitrogens is 1. The lowest BCUT2D eigenvalue weighted by atomic mass is 9.96. The van der Waals surface area contributed by atoms with Gasteiger partial charge >= 0.3 is 5.97 Å². The first-order chi connectivity index (χ1) is 12.7. The number of carbonyl (C=O) groups excluding carboxylic acids is 2. The molecule has 0 radical (unpaired) electrons. The predicted octanol–water partition coefficient (Wildman–Crippen LogP) is 2.07. The van der Waals surface area contributed by atoms with Gasteiger partial charge in [0.25, 0.3) is 5.91 Å². The van der Waals surface area contributed by atoms with Crippen LogP contribution >= 0.6 is 11.3 Å². The molecule has 5 nitrogen and oxygen atoms in total. The minimum Gasteiger partial charge on any atom is -0.465 e. The number of thiophene rings is 1. The van der Waals surface area contributed by atoms with Crippen molar-refractivity contribution in [3.8, 4) is 0 Å². The number of anilines is 1. The highest BCUT2D eigenvalue weighted by Gasteiger charge is 2.43. The molecule has 1 amide bonds. The number of hydrogen-bond donors (Lipinski definition) is 2. The Kier molecular flexibility index (Phi) is 4.78. The van der Waals surface area contributed by atoms with Crippen LogP contribution in [-0.4, -0.2) is 32.1 Å². The molecule has 0 spiro atoms. The Bertz CT molecular complexity index is 828. The monoisotopic (exact) mass is 371 g/mol. The van der Waals surface area contributed by atoms with Crippen molar-refractivity contribution in [3.63, 3.8) is 0 Å². The standard InChI is InChI=1S/C20H22N2O3S/c1-25-20(24)14-4-2-3-5-16(14)21-18(23)12-22-10-8-17-15(9-11-26-17)19(22)13-6-7-13/h2-5,9,11,13,19H,6-8,10,12H2,1H3,(H,21,23)/p+1/t19-/m1/s1. The molecule has 1 unspecified atom stereocenters. The number of methoxy groups -OCH3 is 1. The molecule has 0 bridgehead atoms. The van der Waals surface area contributed by atoms with Gasteiger partial charge in [-0.15, -0.1) is 11.3 Å². The summed E-state index contributed by atoms with van der Waals surface area (Å²) in [5.41, 5.74) is 2.34. The lowest BCUT2D eigenvalue weighted by Gasteiger charge is -2.32. The van der Waals surface area contributed by atoms with Crippen molar-refractivity contribution in [3.05, 3.63) is 51.7 Å². The second-order valence-electron chi connectivity index (χ2n) is 7.03. The average molecular weight is 371 g/mol. The van der Waals surface area contributed by atoms with Crippen LogP contribution in [0, 0.1) is 5.92 Å². The summed E-state index contributed by atoms with van der Waals surface area (Å²) in [6.07, 6.45) is 3.56. The summed E-state index contributed by atoms with van der Waals surface area (Å²) in [7, 11) is 1.34. The van der Waals surface area contributed by atoms with E-state index < -0.39 is 5.97 Å². The van der Waals surface area contributed by atoms with Crippen LogP contribution in [0.5, 0.6) is 0 Å². The van der Waals surface area contributed by atoms with Crippen molar-refractivity contribution in [2.24, 2.45) is 5.92 Å². The van der Waals surface area contributed by atoms with Gasteiger partial charge in [-0.1, -0.05) is 12.1 Å². The number of nitrogens with one attached hydrogen (secondary N) is 2. The molecule has 26 heavy (non-hydrogen) atoms. The van der Waals surface area contributed by atoms with Gasteiger partial charge in [0.2, 0.25) is 0 Å². The normalized spacial score (nSPS) is 21.7. The van der Waals surface area contributed by atoms with Gasteiger partial charge < -0.3 is 15.0 Å². The third-order valence-corrected chi connectivity index (χ3v) is 6.31. The Balaban J connectivity index is 1.48. The number of esters is 1. The van der Waals surface area contributed by atoms with Crippen molar-refractivity contribution < 1.29 is 19.2 Å². The number of carbonyl (C=O) groups is 2. The summed E-state index contributed by atoms with van der Waals surface area (Å²) in [4.78, 5) is 27.4. The second kappa shape index (κ2) is 7.21. The molecule has 1 aromatic heterocycles. The van der Waals surface area contributed by atoms with Gasteiger partial charge in [-0.25, -0.2) is 4.79 Å². The van der Waals surface area contributed by atoms with Gasteiger partial charge in [0.15, 0.2) is 6.54 Å². The summed E-state index contributed by atoms with van der Waals surface area (Å²) < 4.78 is 4.80. The van der Waals surface area contributed by atoms with Crippen molar-refractivity contribution in [1.29, 1.82) is 0 Å². The van der Waals surface area contributed by atoms with E-state index in [0.717, 1.165) is 13.0 Å². The zero-order valence-electron chi connectivity index (χ0n) is 14.8. The van der Waals surface area contributed by atoms with E-state index in [9.17, 15) is 9.59 Å². The first-order valence-corrected chi connectivity index (χ1v) is 9.93. The van der Waals surface area contributed by atoms with Crippen LogP contribution in [0.4, 0.5) is 5.69 Å². The molecule has 1 aromatic carbocycles. The van der Waals surface area contributed by atoms with Crippen molar-refractivity contribution in [2.45, 2.75) is 25.3 Å². The maximum Gasteiger partial charge on any atom is 0.339 e. The maximum atomic E-state index is 12.7. The molecule has 136 valence electrons. The van der Waals surface area contributed by atoms with Crippen molar-refractivity contribution in [2.75, 3.05) is 25.5 Å². The lowest BCUT2D eigenvalue weighted by molar-refractivity contribution is -0.928. The molecule has 2 N–H and O–H groups in total. The first kappa shape index (κ1) is 17.2. The zero-order valence-corrected chi connectivity index (χ0v) is 15.6. The van der Waals surface area contributed by atoms with Gasteiger partial charge in [0.1, 0.15) is 6.04 Å². The van der Waals surface area contributed by atoms with Crippen molar-refractivity contribution in [1.82, 2.24) is 0 Å². The van der Waals surface area contributed by atoms with Crippen LogP contribution in [0.15, 0.2) is 35.7 Å². The lowest BCUT2D eigenvalue weighted by Crippen LogP contribution is -3.14. The van der Waals surface area contributed by atoms with Crippen LogP contribution in [0.1, 0.15) is 39.7 Å². The smallest absolute Gasteiger partial charge is 0.339 e. The van der Waals surface area contributed by atoms with Crippen LogP contribution in [0.3, 0.4) is 0 Å². The maximum absolute atomic E-state index is 12.7. The highest BCUT2D eigenvalue weighted by molar-refractivity contribution is 7.10. The Labute approximate surface area is 157 Å². The molecular weight excluding hydrogens is 348 g/mol. The summed E-state index contributed by atoms with van der Waals surface area (Å²) in [6.45, 7) is 1.41. The quantitative estimate of drug-likeness (QED) is 0.791. The molecular formula is C20H23N2O3S+.